The van der Waals surface area contributed by atoms with Crippen LogP contribution < -0.4 is 5.32 Å². The highest BCUT2D eigenvalue weighted by atomic mass is 16.8. The SMILES string of the molecule is CCC1O[C@H](O[C@H]2OC(CNC(=O)CC(=O)OCc3ccccc3)[C@@H](O)[C@H](O)C2O)[C@H](O)C(O)[C@@H]1O. The minimum atomic E-state index is -1.76. The van der Waals surface area contributed by atoms with E-state index in [2.05, 4.69) is 5.32 Å². The van der Waals surface area contributed by atoms with Crippen molar-refractivity contribution in [3.8, 4) is 0 Å². The van der Waals surface area contributed by atoms with Gasteiger partial charge in [-0.1, -0.05) is 37.3 Å². The molecule has 2 aliphatic rings. The maximum Gasteiger partial charge on any atom is 0.315 e. The van der Waals surface area contributed by atoms with Gasteiger partial charge in [0, 0.05) is 6.54 Å². The monoisotopic (exact) mass is 515 g/mol. The van der Waals surface area contributed by atoms with Crippen LogP contribution in [0.5, 0.6) is 0 Å². The van der Waals surface area contributed by atoms with E-state index >= 15 is 0 Å². The van der Waals surface area contributed by atoms with Gasteiger partial charge >= 0.3 is 5.97 Å². The number of hydrogen-bond donors (Lipinski definition) is 7. The van der Waals surface area contributed by atoms with Crippen LogP contribution in [0.2, 0.25) is 0 Å². The second kappa shape index (κ2) is 12.9. The third-order valence-corrected chi connectivity index (χ3v) is 6.06. The van der Waals surface area contributed by atoms with Crippen LogP contribution >= 0.6 is 0 Å². The Morgan fingerprint density at radius 2 is 1.39 bits per heavy atom. The Morgan fingerprint density at radius 1 is 0.833 bits per heavy atom. The van der Waals surface area contributed by atoms with E-state index in [1.807, 2.05) is 6.07 Å². The van der Waals surface area contributed by atoms with Crippen molar-refractivity contribution < 1.29 is 59.2 Å². The normalized spacial score (nSPS) is 36.8. The van der Waals surface area contributed by atoms with Crippen LogP contribution in [0.1, 0.15) is 25.3 Å². The molecule has 4 unspecified atom stereocenters. The molecule has 36 heavy (non-hydrogen) atoms. The van der Waals surface area contributed by atoms with Gasteiger partial charge in [0.15, 0.2) is 12.6 Å². The molecule has 10 atom stereocenters. The van der Waals surface area contributed by atoms with Gasteiger partial charge in [0.25, 0.3) is 0 Å². The van der Waals surface area contributed by atoms with E-state index in [-0.39, 0.29) is 19.6 Å². The third kappa shape index (κ3) is 6.97. The van der Waals surface area contributed by atoms with Crippen molar-refractivity contribution in [2.75, 3.05) is 6.54 Å². The fraction of sp³-hybridized carbons (Fsp3) is 0.652. The van der Waals surface area contributed by atoms with Crippen molar-refractivity contribution in [3.63, 3.8) is 0 Å². The molecule has 2 saturated heterocycles. The number of carbonyl (C=O) groups is 2. The summed E-state index contributed by atoms with van der Waals surface area (Å²) in [6, 6.07) is 8.89. The van der Waals surface area contributed by atoms with Gasteiger partial charge in [-0.2, -0.15) is 0 Å². The molecule has 2 heterocycles. The number of carbonyl (C=O) groups excluding carboxylic acids is 2. The largest absolute Gasteiger partial charge is 0.460 e. The van der Waals surface area contributed by atoms with E-state index in [0.717, 1.165) is 5.56 Å². The topological polar surface area (TPSA) is 204 Å². The second-order valence-electron chi connectivity index (χ2n) is 8.70. The van der Waals surface area contributed by atoms with E-state index in [1.54, 1.807) is 31.2 Å². The first-order chi connectivity index (χ1) is 17.1. The molecule has 1 amide bonds. The number of ether oxygens (including phenoxy) is 4. The number of benzene rings is 1. The molecule has 0 aromatic heterocycles. The van der Waals surface area contributed by atoms with Crippen molar-refractivity contribution >= 4 is 11.9 Å². The Kier molecular flexibility index (Phi) is 10.1. The Bertz CT molecular complexity index is 855. The number of rotatable bonds is 9. The highest BCUT2D eigenvalue weighted by Crippen LogP contribution is 2.28. The smallest absolute Gasteiger partial charge is 0.315 e. The summed E-state index contributed by atoms with van der Waals surface area (Å²) in [6.45, 7) is 1.32. The van der Waals surface area contributed by atoms with Crippen LogP contribution in [0.3, 0.4) is 0 Å². The van der Waals surface area contributed by atoms with Crippen molar-refractivity contribution in [2.24, 2.45) is 0 Å². The summed E-state index contributed by atoms with van der Waals surface area (Å²) in [7, 11) is 0. The number of hydrogen-bond acceptors (Lipinski definition) is 12. The van der Waals surface area contributed by atoms with Gasteiger partial charge in [-0.3, -0.25) is 9.59 Å². The molecule has 1 aromatic carbocycles. The fourth-order valence-electron chi connectivity index (χ4n) is 3.89. The molecule has 2 aliphatic heterocycles. The summed E-state index contributed by atoms with van der Waals surface area (Å²) in [5, 5.41) is 63.3. The summed E-state index contributed by atoms with van der Waals surface area (Å²) >= 11 is 0. The molecule has 7 N–H and O–H groups in total. The minimum Gasteiger partial charge on any atom is -0.460 e. The highest BCUT2D eigenvalue weighted by molar-refractivity contribution is 5.94. The lowest BCUT2D eigenvalue weighted by Gasteiger charge is -2.45. The number of esters is 1. The van der Waals surface area contributed by atoms with Crippen molar-refractivity contribution in [2.45, 2.75) is 87.8 Å². The van der Waals surface area contributed by atoms with Crippen LogP contribution in [0.4, 0.5) is 0 Å². The minimum absolute atomic E-state index is 0.000204. The van der Waals surface area contributed by atoms with Gasteiger partial charge in [-0.25, -0.2) is 0 Å². The lowest BCUT2D eigenvalue weighted by atomic mass is 9.97. The van der Waals surface area contributed by atoms with Crippen LogP contribution in [0, 0.1) is 0 Å². The van der Waals surface area contributed by atoms with Gasteiger partial charge in [0.2, 0.25) is 5.91 Å². The zero-order valence-electron chi connectivity index (χ0n) is 19.6. The Balaban J connectivity index is 1.51. The first-order valence-electron chi connectivity index (χ1n) is 11.6. The van der Waals surface area contributed by atoms with E-state index in [4.69, 9.17) is 18.9 Å². The summed E-state index contributed by atoms with van der Waals surface area (Å²) in [5.74, 6) is -1.50. The Labute approximate surface area is 207 Å². The van der Waals surface area contributed by atoms with Crippen molar-refractivity contribution in [1.82, 2.24) is 5.32 Å². The summed E-state index contributed by atoms with van der Waals surface area (Å²) in [5.41, 5.74) is 0.753. The molecule has 13 heteroatoms. The lowest BCUT2D eigenvalue weighted by molar-refractivity contribution is -0.373. The fourth-order valence-corrected chi connectivity index (χ4v) is 3.89. The number of nitrogens with one attached hydrogen (secondary N) is 1. The molecule has 0 spiro atoms. The van der Waals surface area contributed by atoms with E-state index in [1.165, 1.54) is 0 Å². The van der Waals surface area contributed by atoms with Gasteiger partial charge < -0.3 is 54.9 Å². The summed E-state index contributed by atoms with van der Waals surface area (Å²) < 4.78 is 21.4. The van der Waals surface area contributed by atoms with E-state index < -0.39 is 79.7 Å². The molecule has 0 bridgehead atoms. The van der Waals surface area contributed by atoms with Crippen LogP contribution in [0.15, 0.2) is 30.3 Å². The molecular weight excluding hydrogens is 482 g/mol. The van der Waals surface area contributed by atoms with E-state index in [9.17, 15) is 40.2 Å². The predicted molar refractivity (Wildman–Crippen MR) is 119 cm³/mol. The average molecular weight is 516 g/mol. The highest BCUT2D eigenvalue weighted by Gasteiger charge is 2.49. The lowest BCUT2D eigenvalue weighted by Crippen LogP contribution is -2.64. The average Bonchev–Trinajstić information content (AvgIpc) is 2.87. The molecular formula is C23H33NO12. The molecule has 2 fully saturated rings. The molecule has 202 valence electrons. The van der Waals surface area contributed by atoms with Gasteiger partial charge in [0.05, 0.1) is 6.10 Å². The molecule has 3 rings (SSSR count). The number of aliphatic hydroxyl groups is 6. The standard InChI is InChI=1S/C23H33NO12/c1-2-12-16(27)18(29)20(31)22(34-12)36-23-21(32)19(30)17(28)13(35-23)9-24-14(25)8-15(26)33-10-11-6-4-3-5-7-11/h3-7,12-13,16-23,27-32H,2,8-10H2,1H3,(H,24,25)/t12?,13?,16-,17-,18?,19+,20-,21?,22-,23-/m1/s1. The molecule has 1 aromatic rings. The second-order valence-corrected chi connectivity index (χ2v) is 8.70. The Morgan fingerprint density at radius 3 is 1.97 bits per heavy atom. The van der Waals surface area contributed by atoms with Crippen molar-refractivity contribution in [1.29, 1.82) is 0 Å². The van der Waals surface area contributed by atoms with Crippen molar-refractivity contribution in [3.05, 3.63) is 35.9 Å². The quantitative estimate of drug-likeness (QED) is 0.132. The van der Waals surface area contributed by atoms with Gasteiger partial charge in [-0.05, 0) is 12.0 Å². The van der Waals surface area contributed by atoms with Gasteiger partial charge in [0.1, 0.15) is 55.8 Å². The summed E-state index contributed by atoms with van der Waals surface area (Å²) in [4.78, 5) is 24.1. The maximum absolute atomic E-state index is 12.1. The van der Waals surface area contributed by atoms with E-state index in [0.29, 0.717) is 0 Å². The zero-order chi connectivity index (χ0) is 26.4. The maximum atomic E-state index is 12.1. The summed E-state index contributed by atoms with van der Waals surface area (Å²) in [6.07, 6.45) is -15.4. The van der Waals surface area contributed by atoms with Crippen LogP contribution in [-0.2, 0) is 35.1 Å². The zero-order valence-corrected chi connectivity index (χ0v) is 19.6. The van der Waals surface area contributed by atoms with Crippen LogP contribution in [-0.4, -0.2) is 110 Å². The number of aliphatic hydroxyl groups excluding tert-OH is 6. The molecule has 0 saturated carbocycles. The molecule has 0 radical (unpaired) electrons. The first kappa shape index (κ1) is 28.4. The first-order valence-corrected chi connectivity index (χ1v) is 11.6. The van der Waals surface area contributed by atoms with Gasteiger partial charge in [-0.15, -0.1) is 0 Å². The predicted octanol–water partition coefficient (Wildman–Crippen LogP) is -2.72. The molecule has 0 aliphatic carbocycles. The van der Waals surface area contributed by atoms with Crippen LogP contribution in [0.25, 0.3) is 0 Å². The Hall–Kier alpha value is -2.20. The third-order valence-electron chi connectivity index (χ3n) is 6.06. The number of amides is 1. The molecule has 13 nitrogen and oxygen atoms in total.